The van der Waals surface area contributed by atoms with Crippen LogP contribution in [0.4, 0.5) is 4.39 Å². The zero-order valence-electron chi connectivity index (χ0n) is 13.3. The van der Waals surface area contributed by atoms with Crippen LogP contribution in [0.5, 0.6) is 5.75 Å². The summed E-state index contributed by atoms with van der Waals surface area (Å²) in [5, 5.41) is 0. The number of ether oxygens (including phenoxy) is 1. The molecule has 1 aromatic carbocycles. The van der Waals surface area contributed by atoms with Crippen molar-refractivity contribution in [3.8, 4) is 5.75 Å². The number of halogens is 1. The van der Waals surface area contributed by atoms with Crippen molar-refractivity contribution >= 4 is 5.91 Å². The molecule has 24 heavy (non-hydrogen) atoms. The smallest absolute Gasteiger partial charge is 0.339 e. The van der Waals surface area contributed by atoms with Crippen LogP contribution in [-0.2, 0) is 11.2 Å². The van der Waals surface area contributed by atoms with Crippen LogP contribution in [-0.4, -0.2) is 30.0 Å². The zero-order chi connectivity index (χ0) is 17.1. The van der Waals surface area contributed by atoms with E-state index in [1.807, 2.05) is 0 Å². The van der Waals surface area contributed by atoms with Gasteiger partial charge in [0.05, 0.1) is 19.0 Å². The van der Waals surface area contributed by atoms with Crippen molar-refractivity contribution < 1.29 is 18.3 Å². The van der Waals surface area contributed by atoms with Gasteiger partial charge in [-0.1, -0.05) is 12.1 Å². The number of nitrogens with zero attached hydrogens (tertiary/aromatic N) is 1. The van der Waals surface area contributed by atoms with Crippen LogP contribution in [0, 0.1) is 12.7 Å². The van der Waals surface area contributed by atoms with E-state index in [-0.39, 0.29) is 24.2 Å². The molecule has 1 amide bonds. The minimum Gasteiger partial charge on any atom is -0.488 e. The summed E-state index contributed by atoms with van der Waals surface area (Å²) < 4.78 is 23.6. The van der Waals surface area contributed by atoms with E-state index in [0.717, 1.165) is 5.56 Å². The van der Waals surface area contributed by atoms with E-state index in [0.29, 0.717) is 31.0 Å². The van der Waals surface area contributed by atoms with Crippen molar-refractivity contribution in [2.75, 3.05) is 13.1 Å². The number of aryl methyl sites for hydroxylation is 1. The third kappa shape index (κ3) is 4.01. The van der Waals surface area contributed by atoms with Gasteiger partial charge in [0.25, 0.3) is 0 Å². The van der Waals surface area contributed by atoms with E-state index in [1.54, 1.807) is 30.0 Å². The molecular weight excluding hydrogens is 313 g/mol. The number of hydrogen-bond acceptors (Lipinski definition) is 4. The standard InChI is InChI=1S/C18H18FNO4/c1-12-8-16(10-18(22)23-12)24-15-6-7-20(11-15)17(21)9-13-2-4-14(19)5-3-13/h2-5,8,10,15H,6-7,9,11H2,1H3. The molecule has 0 spiro atoms. The van der Waals surface area contributed by atoms with Crippen LogP contribution in [0.3, 0.4) is 0 Å². The fourth-order valence-electron chi connectivity index (χ4n) is 2.78. The molecule has 3 rings (SSSR count). The van der Waals surface area contributed by atoms with Gasteiger partial charge in [-0.05, 0) is 24.6 Å². The Hall–Kier alpha value is -2.63. The lowest BCUT2D eigenvalue weighted by Gasteiger charge is -2.17. The predicted octanol–water partition coefficient (Wildman–Crippen LogP) is 2.31. The number of hydrogen-bond donors (Lipinski definition) is 0. The van der Waals surface area contributed by atoms with E-state index in [1.165, 1.54) is 18.2 Å². The lowest BCUT2D eigenvalue weighted by Crippen LogP contribution is -2.32. The fourth-order valence-corrected chi connectivity index (χ4v) is 2.78. The highest BCUT2D eigenvalue weighted by Gasteiger charge is 2.27. The van der Waals surface area contributed by atoms with Crippen LogP contribution in [0.1, 0.15) is 17.7 Å². The van der Waals surface area contributed by atoms with Gasteiger partial charge in [0.1, 0.15) is 23.4 Å². The molecule has 2 heterocycles. The Morgan fingerprint density at radius 2 is 2.08 bits per heavy atom. The minimum atomic E-state index is -0.452. The van der Waals surface area contributed by atoms with Crippen LogP contribution in [0.25, 0.3) is 0 Å². The summed E-state index contributed by atoms with van der Waals surface area (Å²) in [4.78, 5) is 25.4. The molecular formula is C18H18FNO4. The first-order valence-corrected chi connectivity index (χ1v) is 7.80. The summed E-state index contributed by atoms with van der Waals surface area (Å²) in [6.45, 7) is 2.76. The maximum absolute atomic E-state index is 12.9. The van der Waals surface area contributed by atoms with Crippen LogP contribution in [0.2, 0.25) is 0 Å². The summed E-state index contributed by atoms with van der Waals surface area (Å²) >= 11 is 0. The van der Waals surface area contributed by atoms with Gasteiger partial charge in [-0.2, -0.15) is 0 Å². The van der Waals surface area contributed by atoms with Gasteiger partial charge in [-0.3, -0.25) is 4.79 Å². The van der Waals surface area contributed by atoms with E-state index in [4.69, 9.17) is 9.15 Å². The zero-order valence-corrected chi connectivity index (χ0v) is 13.3. The van der Waals surface area contributed by atoms with Crippen molar-refractivity contribution in [1.82, 2.24) is 4.90 Å². The van der Waals surface area contributed by atoms with Gasteiger partial charge in [0.15, 0.2) is 0 Å². The first-order valence-electron chi connectivity index (χ1n) is 7.80. The van der Waals surface area contributed by atoms with Gasteiger partial charge in [0.2, 0.25) is 5.91 Å². The highest BCUT2D eigenvalue weighted by molar-refractivity contribution is 5.79. The maximum atomic E-state index is 12.9. The van der Waals surface area contributed by atoms with Gasteiger partial charge >= 0.3 is 5.63 Å². The topological polar surface area (TPSA) is 59.8 Å². The summed E-state index contributed by atoms with van der Waals surface area (Å²) in [6.07, 6.45) is 0.790. The molecule has 1 unspecified atom stereocenters. The Balaban J connectivity index is 1.57. The highest BCUT2D eigenvalue weighted by Crippen LogP contribution is 2.19. The molecule has 1 fully saturated rings. The number of amides is 1. The molecule has 1 atom stereocenters. The summed E-state index contributed by atoms with van der Waals surface area (Å²) in [6, 6.07) is 8.89. The third-order valence-electron chi connectivity index (χ3n) is 3.94. The Morgan fingerprint density at radius 1 is 1.33 bits per heavy atom. The second-order valence-corrected chi connectivity index (χ2v) is 5.89. The lowest BCUT2D eigenvalue weighted by molar-refractivity contribution is -0.129. The lowest BCUT2D eigenvalue weighted by atomic mass is 10.1. The molecule has 1 aromatic heterocycles. The van der Waals surface area contributed by atoms with E-state index in [9.17, 15) is 14.0 Å². The van der Waals surface area contributed by atoms with Crippen molar-refractivity contribution in [2.24, 2.45) is 0 Å². The van der Waals surface area contributed by atoms with Crippen molar-refractivity contribution in [2.45, 2.75) is 25.9 Å². The molecule has 0 aliphatic carbocycles. The Kier molecular flexibility index (Phi) is 4.64. The molecule has 0 radical (unpaired) electrons. The van der Waals surface area contributed by atoms with Gasteiger partial charge < -0.3 is 14.1 Å². The van der Waals surface area contributed by atoms with Gasteiger partial charge in [0, 0.05) is 19.0 Å². The SMILES string of the molecule is Cc1cc(OC2CCN(C(=O)Cc3ccc(F)cc3)C2)cc(=O)o1. The number of carbonyl (C=O) groups is 1. The largest absolute Gasteiger partial charge is 0.488 e. The fraction of sp³-hybridized carbons (Fsp3) is 0.333. The highest BCUT2D eigenvalue weighted by atomic mass is 19.1. The molecule has 0 N–H and O–H groups in total. The van der Waals surface area contributed by atoms with Gasteiger partial charge in [-0.15, -0.1) is 0 Å². The first kappa shape index (κ1) is 16.2. The molecule has 6 heteroatoms. The molecule has 126 valence electrons. The van der Waals surface area contributed by atoms with Crippen LogP contribution >= 0.6 is 0 Å². The number of likely N-dealkylation sites (tertiary alicyclic amines) is 1. The quantitative estimate of drug-likeness (QED) is 0.863. The van der Waals surface area contributed by atoms with Crippen molar-refractivity contribution in [3.63, 3.8) is 0 Å². The molecule has 2 aromatic rings. The maximum Gasteiger partial charge on any atom is 0.339 e. The van der Waals surface area contributed by atoms with E-state index in [2.05, 4.69) is 0 Å². The van der Waals surface area contributed by atoms with E-state index >= 15 is 0 Å². The Labute approximate surface area is 138 Å². The summed E-state index contributed by atoms with van der Waals surface area (Å²) in [5.74, 6) is 0.612. The Morgan fingerprint density at radius 3 is 2.79 bits per heavy atom. The van der Waals surface area contributed by atoms with Crippen molar-refractivity contribution in [1.29, 1.82) is 0 Å². The second kappa shape index (κ2) is 6.86. The molecule has 5 nitrogen and oxygen atoms in total. The minimum absolute atomic E-state index is 0.0172. The van der Waals surface area contributed by atoms with Crippen LogP contribution in [0.15, 0.2) is 45.6 Å². The van der Waals surface area contributed by atoms with E-state index < -0.39 is 5.63 Å². The number of benzene rings is 1. The van der Waals surface area contributed by atoms with Gasteiger partial charge in [-0.25, -0.2) is 9.18 Å². The predicted molar refractivity (Wildman–Crippen MR) is 85.4 cm³/mol. The molecule has 0 saturated carbocycles. The third-order valence-corrected chi connectivity index (χ3v) is 3.94. The monoisotopic (exact) mass is 331 g/mol. The average Bonchev–Trinajstić information content (AvgIpc) is 2.97. The summed E-state index contributed by atoms with van der Waals surface area (Å²) in [5.41, 5.74) is 0.328. The second-order valence-electron chi connectivity index (χ2n) is 5.89. The van der Waals surface area contributed by atoms with Crippen molar-refractivity contribution in [3.05, 3.63) is 64.0 Å². The molecule has 1 saturated heterocycles. The van der Waals surface area contributed by atoms with Crippen LogP contribution < -0.4 is 10.4 Å². The Bertz CT molecular complexity index is 784. The average molecular weight is 331 g/mol. The summed E-state index contributed by atoms with van der Waals surface area (Å²) in [7, 11) is 0. The number of carbonyl (C=O) groups excluding carboxylic acids is 1. The first-order chi connectivity index (χ1) is 11.5. The normalized spacial score (nSPS) is 17.1. The molecule has 0 bridgehead atoms. The number of rotatable bonds is 4. The molecule has 1 aliphatic rings. The molecule has 1 aliphatic heterocycles.